The minimum atomic E-state index is -3.75. The van der Waals surface area contributed by atoms with Crippen LogP contribution in [-0.4, -0.2) is 68.2 Å². The first-order chi connectivity index (χ1) is 17.3. The van der Waals surface area contributed by atoms with Gasteiger partial charge in [-0.3, -0.25) is 10.1 Å². The number of anilines is 1. The number of benzene rings is 1. The molecule has 10 nitrogen and oxygen atoms in total. The number of piperidine rings is 1. The van der Waals surface area contributed by atoms with Gasteiger partial charge in [-0.1, -0.05) is 18.2 Å². The Labute approximate surface area is 209 Å². The molecule has 3 N–H and O–H groups in total. The molecule has 1 aliphatic rings. The molecule has 5 rings (SSSR count). The fourth-order valence-corrected chi connectivity index (χ4v) is 5.66. The molecule has 4 aromatic rings. The van der Waals surface area contributed by atoms with Crippen molar-refractivity contribution in [3.8, 4) is 22.6 Å². The van der Waals surface area contributed by atoms with Gasteiger partial charge in [-0.2, -0.15) is 9.40 Å². The van der Waals surface area contributed by atoms with Crippen LogP contribution in [0.3, 0.4) is 0 Å². The molecule has 1 aliphatic heterocycles. The second-order valence-corrected chi connectivity index (χ2v) is 10.8. The highest BCUT2D eigenvalue weighted by Gasteiger charge is 2.34. The summed E-state index contributed by atoms with van der Waals surface area (Å²) in [6.07, 6.45) is 3.03. The van der Waals surface area contributed by atoms with E-state index in [1.807, 2.05) is 38.1 Å². The van der Waals surface area contributed by atoms with E-state index in [1.54, 1.807) is 36.7 Å². The molecule has 36 heavy (non-hydrogen) atoms. The molecular formula is C25H27N7O3S. The number of nitrogens with zero attached hydrogens (tertiary/aromatic N) is 5. The maximum absolute atomic E-state index is 13.3. The van der Waals surface area contributed by atoms with Gasteiger partial charge in [0, 0.05) is 25.5 Å². The van der Waals surface area contributed by atoms with Crippen LogP contribution in [0.5, 0.6) is 0 Å². The average molecular weight is 506 g/mol. The van der Waals surface area contributed by atoms with E-state index in [0.29, 0.717) is 36.1 Å². The van der Waals surface area contributed by atoms with Crippen molar-refractivity contribution >= 4 is 15.8 Å². The number of H-pyrrole nitrogens is 1. The molecular weight excluding hydrogens is 478 g/mol. The zero-order valence-corrected chi connectivity index (χ0v) is 20.8. The van der Waals surface area contributed by atoms with Gasteiger partial charge >= 0.3 is 0 Å². The van der Waals surface area contributed by atoms with Crippen LogP contribution in [-0.2, 0) is 10.0 Å². The van der Waals surface area contributed by atoms with Crippen molar-refractivity contribution in [2.45, 2.75) is 37.3 Å². The van der Waals surface area contributed by atoms with Crippen LogP contribution < -0.4 is 5.32 Å². The molecule has 3 aromatic heterocycles. The zero-order chi connectivity index (χ0) is 25.3. The Kier molecular flexibility index (Phi) is 6.52. The molecule has 0 amide bonds. The number of hydrogen-bond acceptors (Lipinski definition) is 8. The van der Waals surface area contributed by atoms with Gasteiger partial charge < -0.3 is 10.4 Å². The predicted octanol–water partition coefficient (Wildman–Crippen LogP) is 2.78. The van der Waals surface area contributed by atoms with Gasteiger partial charge in [0.25, 0.3) is 0 Å². The molecule has 1 saturated heterocycles. The summed E-state index contributed by atoms with van der Waals surface area (Å²) in [5.74, 6) is 1.86. The van der Waals surface area contributed by atoms with Gasteiger partial charge in [0.05, 0.1) is 17.0 Å². The molecule has 0 unspecified atom stereocenters. The van der Waals surface area contributed by atoms with Gasteiger partial charge in [-0.05, 0) is 67.3 Å². The number of nitrogens with one attached hydrogen (secondary N) is 2. The number of rotatable bonds is 6. The van der Waals surface area contributed by atoms with E-state index in [9.17, 15) is 13.5 Å². The van der Waals surface area contributed by atoms with Crippen molar-refractivity contribution in [2.24, 2.45) is 0 Å². The molecule has 0 bridgehead atoms. The van der Waals surface area contributed by atoms with E-state index < -0.39 is 16.1 Å². The fraction of sp³-hybridized carbons (Fsp3) is 0.280. The summed E-state index contributed by atoms with van der Waals surface area (Å²) < 4.78 is 27.9. The van der Waals surface area contributed by atoms with E-state index in [1.165, 1.54) is 4.31 Å². The standard InChI is InChI=1S/C25H27N7O3S/c1-16-3-8-24(27-14-16)29-21-10-12-32(15-23(21)33)36(34,35)20-6-4-18(5-7-20)19-9-11-26-22(13-19)25-28-17(2)30-31-25/h3-9,11,13-14,21,23,33H,10,12,15H2,1-2H3,(H,27,29)(H,28,30,31)/t21-,23+/m1/s1. The molecule has 1 aromatic carbocycles. The molecule has 0 aliphatic carbocycles. The van der Waals surface area contributed by atoms with Crippen molar-refractivity contribution in [1.29, 1.82) is 0 Å². The molecule has 1 fully saturated rings. The SMILES string of the molecule is Cc1ccc(N[C@@H]2CCN(S(=O)(=O)c3ccc(-c4ccnc(-c5n[nH]c(C)n5)c4)cc3)C[C@@H]2O)nc1. The number of aromatic nitrogens is 5. The molecule has 0 spiro atoms. The van der Waals surface area contributed by atoms with Crippen LogP contribution in [0.4, 0.5) is 5.82 Å². The van der Waals surface area contributed by atoms with Crippen molar-refractivity contribution in [2.75, 3.05) is 18.4 Å². The van der Waals surface area contributed by atoms with Crippen LogP contribution >= 0.6 is 0 Å². The number of aryl methyl sites for hydroxylation is 2. The molecule has 2 atom stereocenters. The quantitative estimate of drug-likeness (QED) is 0.364. The fourth-order valence-electron chi connectivity index (χ4n) is 4.19. The van der Waals surface area contributed by atoms with Gasteiger partial charge in [-0.25, -0.2) is 18.4 Å². The van der Waals surface area contributed by atoms with E-state index >= 15 is 0 Å². The van der Waals surface area contributed by atoms with Crippen LogP contribution in [0.1, 0.15) is 17.8 Å². The smallest absolute Gasteiger partial charge is 0.243 e. The Balaban J connectivity index is 1.28. The Morgan fingerprint density at radius 1 is 1.06 bits per heavy atom. The molecule has 0 radical (unpaired) electrons. The topological polar surface area (TPSA) is 137 Å². The normalized spacial score (nSPS) is 18.8. The van der Waals surface area contributed by atoms with Crippen molar-refractivity contribution in [3.63, 3.8) is 0 Å². The average Bonchev–Trinajstić information content (AvgIpc) is 3.33. The number of β-amino-alcohol motifs (C(OH)–C–C–N with tert-alkyl or cyclic N) is 1. The highest BCUT2D eigenvalue weighted by Crippen LogP contribution is 2.27. The molecule has 11 heteroatoms. The summed E-state index contributed by atoms with van der Waals surface area (Å²) in [4.78, 5) is 13.1. The maximum Gasteiger partial charge on any atom is 0.243 e. The first-order valence-electron chi connectivity index (χ1n) is 11.6. The minimum absolute atomic E-state index is 0.0113. The lowest BCUT2D eigenvalue weighted by Gasteiger charge is -2.35. The monoisotopic (exact) mass is 505 g/mol. The zero-order valence-electron chi connectivity index (χ0n) is 20.0. The van der Waals surface area contributed by atoms with Crippen LogP contribution in [0.15, 0.2) is 65.8 Å². The number of aromatic amines is 1. The van der Waals surface area contributed by atoms with E-state index in [4.69, 9.17) is 0 Å². The van der Waals surface area contributed by atoms with Crippen molar-refractivity contribution < 1.29 is 13.5 Å². The lowest BCUT2D eigenvalue weighted by molar-refractivity contribution is 0.0949. The predicted molar refractivity (Wildman–Crippen MR) is 136 cm³/mol. The first-order valence-corrected chi connectivity index (χ1v) is 13.1. The molecule has 0 saturated carbocycles. The highest BCUT2D eigenvalue weighted by molar-refractivity contribution is 7.89. The summed E-state index contributed by atoms with van der Waals surface area (Å²) in [6.45, 7) is 4.08. The van der Waals surface area contributed by atoms with Crippen LogP contribution in [0.2, 0.25) is 0 Å². The van der Waals surface area contributed by atoms with Gasteiger partial charge in [-0.15, -0.1) is 0 Å². The first kappa shape index (κ1) is 24.0. The Hall–Kier alpha value is -3.67. The van der Waals surface area contributed by atoms with E-state index in [2.05, 4.69) is 30.5 Å². The Morgan fingerprint density at radius 2 is 1.86 bits per heavy atom. The summed E-state index contributed by atoms with van der Waals surface area (Å²) >= 11 is 0. The van der Waals surface area contributed by atoms with Gasteiger partial charge in [0.2, 0.25) is 10.0 Å². The number of sulfonamides is 1. The van der Waals surface area contributed by atoms with Crippen LogP contribution in [0, 0.1) is 13.8 Å². The third-order valence-corrected chi connectivity index (χ3v) is 8.08. The molecule has 4 heterocycles. The van der Waals surface area contributed by atoms with Crippen molar-refractivity contribution in [1.82, 2.24) is 29.5 Å². The third kappa shape index (κ3) is 4.99. The number of aliphatic hydroxyl groups excluding tert-OH is 1. The summed E-state index contributed by atoms with van der Waals surface area (Å²) in [5.41, 5.74) is 3.39. The largest absolute Gasteiger partial charge is 0.390 e. The van der Waals surface area contributed by atoms with Gasteiger partial charge in [0.15, 0.2) is 5.82 Å². The Bertz CT molecular complexity index is 1450. The minimum Gasteiger partial charge on any atom is -0.390 e. The second-order valence-electron chi connectivity index (χ2n) is 8.89. The van der Waals surface area contributed by atoms with Crippen LogP contribution in [0.25, 0.3) is 22.6 Å². The number of aliphatic hydroxyl groups is 1. The summed E-state index contributed by atoms with van der Waals surface area (Å²) in [6, 6.07) is 13.9. The van der Waals surface area contributed by atoms with Crippen molar-refractivity contribution in [3.05, 3.63) is 72.3 Å². The van der Waals surface area contributed by atoms with E-state index in [-0.39, 0.29) is 17.5 Å². The molecule has 186 valence electrons. The number of hydrogen-bond donors (Lipinski definition) is 3. The lowest BCUT2D eigenvalue weighted by Crippen LogP contribution is -2.51. The second kappa shape index (κ2) is 9.76. The number of pyridine rings is 2. The van der Waals surface area contributed by atoms with Gasteiger partial charge in [0.1, 0.15) is 17.3 Å². The summed E-state index contributed by atoms with van der Waals surface area (Å²) in [7, 11) is -3.75. The Morgan fingerprint density at radius 3 is 2.53 bits per heavy atom. The highest BCUT2D eigenvalue weighted by atomic mass is 32.2. The van der Waals surface area contributed by atoms with E-state index in [0.717, 1.165) is 16.7 Å². The third-order valence-electron chi connectivity index (χ3n) is 6.20. The maximum atomic E-state index is 13.3. The lowest BCUT2D eigenvalue weighted by atomic mass is 10.0. The summed E-state index contributed by atoms with van der Waals surface area (Å²) in [5, 5.41) is 20.8.